The molecule has 2 unspecified atom stereocenters. The normalized spacial score (nSPS) is 19.1. The zero-order valence-electron chi connectivity index (χ0n) is 19.9. The number of pyridine rings is 1. The lowest BCUT2D eigenvalue weighted by atomic mass is 10.1. The van der Waals surface area contributed by atoms with E-state index in [2.05, 4.69) is 30.9 Å². The highest BCUT2D eigenvalue weighted by Gasteiger charge is 2.25. The zero-order valence-corrected chi connectivity index (χ0v) is 19.9. The summed E-state index contributed by atoms with van der Waals surface area (Å²) in [5.74, 6) is 0.681. The smallest absolute Gasteiger partial charge is 0.267 e. The van der Waals surface area contributed by atoms with Crippen LogP contribution in [-0.2, 0) is 31.3 Å². The highest BCUT2D eigenvalue weighted by Crippen LogP contribution is 2.18. The Hall–Kier alpha value is -3.29. The summed E-state index contributed by atoms with van der Waals surface area (Å²) >= 11 is 0. The summed E-state index contributed by atoms with van der Waals surface area (Å²) in [5.41, 5.74) is 1.83. The van der Waals surface area contributed by atoms with Crippen molar-refractivity contribution >= 4 is 21.9 Å². The van der Waals surface area contributed by atoms with Gasteiger partial charge < -0.3 is 9.30 Å². The zero-order chi connectivity index (χ0) is 23.8. The lowest BCUT2D eigenvalue weighted by Crippen LogP contribution is -2.46. The molecule has 0 amide bonds. The monoisotopic (exact) mass is 458 g/mol. The number of ether oxygens (including phenoxy) is 1. The number of hydrogen-bond donors (Lipinski definition) is 0. The Bertz CT molecular complexity index is 1450. The molecule has 2 aromatic heterocycles. The van der Waals surface area contributed by atoms with Crippen LogP contribution in [0.4, 0.5) is 0 Å². The number of aromatic nitrogens is 3. The first-order chi connectivity index (χ1) is 16.4. The van der Waals surface area contributed by atoms with Crippen LogP contribution in [-0.4, -0.2) is 44.3 Å². The van der Waals surface area contributed by atoms with Gasteiger partial charge in [0.15, 0.2) is 5.65 Å². The van der Waals surface area contributed by atoms with Crippen LogP contribution in [0.1, 0.15) is 25.2 Å². The SMILES string of the molecule is CC1CN(Cc2nc3c(c(=O)c4ccccc4n3C)c(=O)n2CCc2ccccc2)CC(C)O1. The van der Waals surface area contributed by atoms with Gasteiger partial charge in [0.25, 0.3) is 5.56 Å². The van der Waals surface area contributed by atoms with Crippen LogP contribution in [0.3, 0.4) is 0 Å². The Morgan fingerprint density at radius 1 is 0.971 bits per heavy atom. The van der Waals surface area contributed by atoms with Gasteiger partial charge in [-0.3, -0.25) is 19.1 Å². The van der Waals surface area contributed by atoms with Crippen molar-refractivity contribution in [2.24, 2.45) is 7.05 Å². The Morgan fingerprint density at radius 2 is 1.65 bits per heavy atom. The predicted molar refractivity (Wildman–Crippen MR) is 134 cm³/mol. The molecule has 7 nitrogen and oxygen atoms in total. The molecule has 0 bridgehead atoms. The highest BCUT2D eigenvalue weighted by molar-refractivity contribution is 5.91. The predicted octanol–water partition coefficient (Wildman–Crippen LogP) is 3.10. The third-order valence-corrected chi connectivity index (χ3v) is 6.61. The maximum atomic E-state index is 13.8. The second-order valence-corrected chi connectivity index (χ2v) is 9.28. The van der Waals surface area contributed by atoms with Crippen LogP contribution in [0.25, 0.3) is 21.9 Å². The first kappa shape index (κ1) is 22.5. The van der Waals surface area contributed by atoms with Crippen molar-refractivity contribution in [1.29, 1.82) is 0 Å². The van der Waals surface area contributed by atoms with Gasteiger partial charge in [-0.25, -0.2) is 4.98 Å². The number of nitrogens with zero attached hydrogens (tertiary/aromatic N) is 4. The molecule has 176 valence electrons. The van der Waals surface area contributed by atoms with E-state index in [1.165, 1.54) is 0 Å². The molecule has 2 aromatic carbocycles. The minimum atomic E-state index is -0.267. The topological polar surface area (TPSA) is 69.4 Å². The maximum Gasteiger partial charge on any atom is 0.267 e. The van der Waals surface area contributed by atoms with E-state index in [-0.39, 0.29) is 28.6 Å². The van der Waals surface area contributed by atoms with E-state index in [1.807, 2.05) is 48.0 Å². The second kappa shape index (κ2) is 9.16. The van der Waals surface area contributed by atoms with Gasteiger partial charge in [0, 0.05) is 32.1 Å². The van der Waals surface area contributed by atoms with E-state index in [4.69, 9.17) is 9.72 Å². The molecule has 0 N–H and O–H groups in total. The highest BCUT2D eigenvalue weighted by atomic mass is 16.5. The molecule has 1 saturated heterocycles. The fourth-order valence-electron chi connectivity index (χ4n) is 5.08. The Balaban J connectivity index is 1.67. The van der Waals surface area contributed by atoms with Gasteiger partial charge in [-0.05, 0) is 38.0 Å². The third-order valence-electron chi connectivity index (χ3n) is 6.61. The molecule has 0 aliphatic carbocycles. The number of fused-ring (bicyclic) bond motifs is 2. The van der Waals surface area contributed by atoms with Crippen LogP contribution in [0, 0.1) is 0 Å². The van der Waals surface area contributed by atoms with E-state index in [9.17, 15) is 9.59 Å². The van der Waals surface area contributed by atoms with Gasteiger partial charge in [-0.2, -0.15) is 0 Å². The van der Waals surface area contributed by atoms with Gasteiger partial charge in [0.1, 0.15) is 11.2 Å². The fourth-order valence-corrected chi connectivity index (χ4v) is 5.08. The molecule has 3 heterocycles. The number of hydrogen-bond acceptors (Lipinski definition) is 5. The quantitative estimate of drug-likeness (QED) is 0.430. The first-order valence-corrected chi connectivity index (χ1v) is 11.8. The summed E-state index contributed by atoms with van der Waals surface area (Å²) in [6.45, 7) is 6.66. The summed E-state index contributed by atoms with van der Waals surface area (Å²) in [7, 11) is 1.87. The molecule has 0 spiro atoms. The number of aryl methyl sites for hydroxylation is 2. The summed E-state index contributed by atoms with van der Waals surface area (Å²) in [5, 5.41) is 0.691. The molecule has 5 rings (SSSR count). The summed E-state index contributed by atoms with van der Waals surface area (Å²) in [6.07, 6.45) is 0.911. The van der Waals surface area contributed by atoms with Gasteiger partial charge >= 0.3 is 0 Å². The number of rotatable bonds is 5. The molecule has 1 fully saturated rings. The molecule has 0 saturated carbocycles. The van der Waals surface area contributed by atoms with E-state index in [1.54, 1.807) is 10.6 Å². The molecule has 1 aliphatic heterocycles. The molecular weight excluding hydrogens is 428 g/mol. The average Bonchev–Trinajstić information content (AvgIpc) is 2.82. The van der Waals surface area contributed by atoms with Crippen molar-refractivity contribution in [3.63, 3.8) is 0 Å². The summed E-state index contributed by atoms with van der Waals surface area (Å²) in [6, 6.07) is 17.5. The molecule has 1 aliphatic rings. The third kappa shape index (κ3) is 4.17. The lowest BCUT2D eigenvalue weighted by molar-refractivity contribution is -0.0713. The van der Waals surface area contributed by atoms with Crippen molar-refractivity contribution in [3.8, 4) is 0 Å². The van der Waals surface area contributed by atoms with Crippen LogP contribution in [0.2, 0.25) is 0 Å². The minimum absolute atomic E-state index is 0.113. The van der Waals surface area contributed by atoms with Crippen molar-refractivity contribution in [3.05, 3.63) is 86.6 Å². The summed E-state index contributed by atoms with van der Waals surface area (Å²) < 4.78 is 9.46. The van der Waals surface area contributed by atoms with Gasteiger partial charge in [-0.1, -0.05) is 42.5 Å². The maximum absolute atomic E-state index is 13.8. The van der Waals surface area contributed by atoms with Gasteiger partial charge in [0.2, 0.25) is 5.43 Å². The largest absolute Gasteiger partial charge is 0.373 e. The standard InChI is InChI=1S/C27H30N4O3/c1-18-15-30(16-19(2)34-18)17-23-28-26-24(25(32)21-11-7-8-12-22(21)29(26)3)27(33)31(23)14-13-20-9-5-4-6-10-20/h4-12,18-19H,13-17H2,1-3H3. The first-order valence-electron chi connectivity index (χ1n) is 11.8. The molecule has 4 aromatic rings. The number of morpholine rings is 1. The molecular formula is C27H30N4O3. The van der Waals surface area contributed by atoms with E-state index >= 15 is 0 Å². The number of benzene rings is 2. The van der Waals surface area contributed by atoms with E-state index in [0.717, 1.165) is 24.2 Å². The molecule has 0 radical (unpaired) electrons. The van der Waals surface area contributed by atoms with Crippen molar-refractivity contribution in [2.45, 2.75) is 45.6 Å². The van der Waals surface area contributed by atoms with Gasteiger partial charge in [0.05, 0.1) is 24.3 Å². The molecule has 34 heavy (non-hydrogen) atoms. The van der Waals surface area contributed by atoms with Crippen LogP contribution < -0.4 is 11.0 Å². The fraction of sp³-hybridized carbons (Fsp3) is 0.370. The van der Waals surface area contributed by atoms with Crippen molar-refractivity contribution < 1.29 is 4.74 Å². The van der Waals surface area contributed by atoms with Crippen LogP contribution in [0.5, 0.6) is 0 Å². The Morgan fingerprint density at radius 3 is 2.38 bits per heavy atom. The molecule has 7 heteroatoms. The summed E-state index contributed by atoms with van der Waals surface area (Å²) in [4.78, 5) is 34.4. The van der Waals surface area contributed by atoms with Crippen molar-refractivity contribution in [2.75, 3.05) is 13.1 Å². The Kier molecular flexibility index (Phi) is 6.06. The number of para-hydroxylation sites is 1. The minimum Gasteiger partial charge on any atom is -0.373 e. The van der Waals surface area contributed by atoms with Crippen LogP contribution in [0.15, 0.2) is 64.2 Å². The second-order valence-electron chi connectivity index (χ2n) is 9.28. The van der Waals surface area contributed by atoms with E-state index < -0.39 is 0 Å². The van der Waals surface area contributed by atoms with Crippen LogP contribution >= 0.6 is 0 Å². The van der Waals surface area contributed by atoms with Crippen molar-refractivity contribution in [1.82, 2.24) is 19.0 Å². The lowest BCUT2D eigenvalue weighted by Gasteiger charge is -2.35. The Labute approximate surface area is 198 Å². The van der Waals surface area contributed by atoms with E-state index in [0.29, 0.717) is 36.4 Å². The van der Waals surface area contributed by atoms with Gasteiger partial charge in [-0.15, -0.1) is 0 Å². The average molecular weight is 459 g/mol. The molecule has 2 atom stereocenters.